The van der Waals surface area contributed by atoms with Gasteiger partial charge in [-0.2, -0.15) is 13.2 Å². The summed E-state index contributed by atoms with van der Waals surface area (Å²) in [5.41, 5.74) is 0.120. The standard InChI is InChI=1S/C15H20F3NO/c1-11(19-7-5-14(20)6-8-19)9-12-3-2-4-13(10-12)15(16,17)18/h2-4,10-11,14,20H,5-9H2,1H3. The van der Waals surface area contributed by atoms with Crippen LogP contribution in [-0.2, 0) is 12.6 Å². The number of rotatable bonds is 3. The number of likely N-dealkylation sites (tertiary alicyclic amines) is 1. The molecule has 1 fully saturated rings. The van der Waals surface area contributed by atoms with Crippen LogP contribution in [0.2, 0.25) is 0 Å². The maximum Gasteiger partial charge on any atom is 0.416 e. The fourth-order valence-electron chi connectivity index (χ4n) is 2.67. The number of benzene rings is 1. The minimum absolute atomic E-state index is 0.186. The average Bonchev–Trinajstić information content (AvgIpc) is 2.38. The molecule has 20 heavy (non-hydrogen) atoms. The molecule has 5 heteroatoms. The minimum atomic E-state index is -4.28. The number of aliphatic hydroxyl groups excluding tert-OH is 1. The number of hydrogen-bond donors (Lipinski definition) is 1. The fourth-order valence-corrected chi connectivity index (χ4v) is 2.67. The molecule has 0 aromatic heterocycles. The van der Waals surface area contributed by atoms with Gasteiger partial charge in [-0.15, -0.1) is 0 Å². The van der Waals surface area contributed by atoms with E-state index in [9.17, 15) is 18.3 Å². The first-order valence-electron chi connectivity index (χ1n) is 6.94. The van der Waals surface area contributed by atoms with Gasteiger partial charge in [-0.3, -0.25) is 0 Å². The Hall–Kier alpha value is -1.07. The van der Waals surface area contributed by atoms with Crippen molar-refractivity contribution >= 4 is 0 Å². The third kappa shape index (κ3) is 3.96. The Morgan fingerprint density at radius 1 is 1.30 bits per heavy atom. The van der Waals surface area contributed by atoms with E-state index >= 15 is 0 Å². The van der Waals surface area contributed by atoms with Crippen LogP contribution in [0.25, 0.3) is 0 Å². The van der Waals surface area contributed by atoms with Gasteiger partial charge in [0.15, 0.2) is 0 Å². The van der Waals surface area contributed by atoms with E-state index in [0.29, 0.717) is 12.0 Å². The summed E-state index contributed by atoms with van der Waals surface area (Å²) in [5.74, 6) is 0. The Labute approximate surface area is 117 Å². The highest BCUT2D eigenvalue weighted by Gasteiger charge is 2.30. The van der Waals surface area contributed by atoms with Crippen LogP contribution in [0.1, 0.15) is 30.9 Å². The first kappa shape index (κ1) is 15.3. The molecule has 2 nitrogen and oxygen atoms in total. The number of alkyl halides is 3. The highest BCUT2D eigenvalue weighted by molar-refractivity contribution is 5.26. The summed E-state index contributed by atoms with van der Waals surface area (Å²) >= 11 is 0. The number of aliphatic hydroxyl groups is 1. The summed E-state index contributed by atoms with van der Waals surface area (Å²) in [4.78, 5) is 2.23. The van der Waals surface area contributed by atoms with Crippen LogP contribution in [0, 0.1) is 0 Å². The smallest absolute Gasteiger partial charge is 0.393 e. The van der Waals surface area contributed by atoms with Crippen molar-refractivity contribution in [3.8, 4) is 0 Å². The minimum Gasteiger partial charge on any atom is -0.393 e. The Morgan fingerprint density at radius 3 is 2.55 bits per heavy atom. The molecule has 0 spiro atoms. The van der Waals surface area contributed by atoms with Gasteiger partial charge in [-0.1, -0.05) is 18.2 Å². The van der Waals surface area contributed by atoms with Gasteiger partial charge in [0.1, 0.15) is 0 Å². The second kappa shape index (κ2) is 6.14. The number of piperidine rings is 1. The maximum absolute atomic E-state index is 12.7. The maximum atomic E-state index is 12.7. The summed E-state index contributed by atoms with van der Waals surface area (Å²) in [6, 6.07) is 5.72. The lowest BCUT2D eigenvalue weighted by molar-refractivity contribution is -0.137. The van der Waals surface area contributed by atoms with Crippen molar-refractivity contribution in [1.29, 1.82) is 0 Å². The summed E-state index contributed by atoms with van der Waals surface area (Å²) in [6.45, 7) is 3.64. The van der Waals surface area contributed by atoms with E-state index in [2.05, 4.69) is 4.90 Å². The first-order chi connectivity index (χ1) is 9.36. The summed E-state index contributed by atoms with van der Waals surface area (Å²) in [5, 5.41) is 9.47. The lowest BCUT2D eigenvalue weighted by Crippen LogP contribution is -2.42. The Morgan fingerprint density at radius 2 is 1.95 bits per heavy atom. The molecule has 0 radical (unpaired) electrons. The van der Waals surface area contributed by atoms with E-state index in [1.807, 2.05) is 6.92 Å². The van der Waals surface area contributed by atoms with Crippen molar-refractivity contribution < 1.29 is 18.3 Å². The van der Waals surface area contributed by atoms with E-state index in [4.69, 9.17) is 0 Å². The number of hydrogen-bond acceptors (Lipinski definition) is 2. The molecule has 0 aliphatic carbocycles. The molecule has 1 aliphatic heterocycles. The zero-order valence-electron chi connectivity index (χ0n) is 11.5. The zero-order chi connectivity index (χ0) is 14.8. The topological polar surface area (TPSA) is 23.5 Å². The molecule has 2 rings (SSSR count). The summed E-state index contributed by atoms with van der Waals surface area (Å²) in [7, 11) is 0. The molecule has 1 heterocycles. The van der Waals surface area contributed by atoms with E-state index < -0.39 is 11.7 Å². The van der Waals surface area contributed by atoms with Gasteiger partial charge in [0.25, 0.3) is 0 Å². The van der Waals surface area contributed by atoms with Gasteiger partial charge in [0, 0.05) is 19.1 Å². The monoisotopic (exact) mass is 287 g/mol. The Kier molecular flexibility index (Phi) is 4.70. The highest BCUT2D eigenvalue weighted by atomic mass is 19.4. The van der Waals surface area contributed by atoms with Crippen molar-refractivity contribution in [2.24, 2.45) is 0 Å². The quantitative estimate of drug-likeness (QED) is 0.923. The molecule has 1 unspecified atom stereocenters. The van der Waals surface area contributed by atoms with E-state index in [-0.39, 0.29) is 12.1 Å². The third-order valence-corrected chi connectivity index (χ3v) is 3.91. The molecule has 1 aliphatic rings. The molecule has 1 aromatic rings. The highest BCUT2D eigenvalue weighted by Crippen LogP contribution is 2.30. The van der Waals surface area contributed by atoms with Crippen LogP contribution < -0.4 is 0 Å². The van der Waals surface area contributed by atoms with Crippen LogP contribution in [0.15, 0.2) is 24.3 Å². The Bertz CT molecular complexity index is 439. The predicted octanol–water partition coefficient (Wildman–Crippen LogP) is 3.09. The number of halogens is 3. The summed E-state index contributed by atoms with van der Waals surface area (Å²) in [6.07, 6.45) is -2.43. The molecule has 1 saturated heterocycles. The number of nitrogens with zero attached hydrogens (tertiary/aromatic N) is 1. The second-order valence-corrected chi connectivity index (χ2v) is 5.52. The van der Waals surface area contributed by atoms with Crippen LogP contribution in [0.4, 0.5) is 13.2 Å². The van der Waals surface area contributed by atoms with Gasteiger partial charge in [-0.25, -0.2) is 0 Å². The van der Waals surface area contributed by atoms with E-state index in [1.165, 1.54) is 12.1 Å². The second-order valence-electron chi connectivity index (χ2n) is 5.52. The van der Waals surface area contributed by atoms with Gasteiger partial charge in [0.2, 0.25) is 0 Å². The average molecular weight is 287 g/mol. The molecule has 1 aromatic carbocycles. The zero-order valence-corrected chi connectivity index (χ0v) is 11.5. The van der Waals surface area contributed by atoms with Gasteiger partial charge < -0.3 is 10.0 Å². The van der Waals surface area contributed by atoms with Gasteiger partial charge in [0.05, 0.1) is 11.7 Å². The normalized spacial score (nSPS) is 20.1. The van der Waals surface area contributed by atoms with Crippen molar-refractivity contribution in [2.45, 2.75) is 44.5 Å². The van der Waals surface area contributed by atoms with Crippen molar-refractivity contribution in [1.82, 2.24) is 4.90 Å². The summed E-state index contributed by atoms with van der Waals surface area (Å²) < 4.78 is 38.0. The lowest BCUT2D eigenvalue weighted by atomic mass is 10.0. The largest absolute Gasteiger partial charge is 0.416 e. The van der Waals surface area contributed by atoms with Crippen molar-refractivity contribution in [3.63, 3.8) is 0 Å². The van der Waals surface area contributed by atoms with Crippen molar-refractivity contribution in [2.75, 3.05) is 13.1 Å². The molecular weight excluding hydrogens is 267 g/mol. The molecule has 0 bridgehead atoms. The lowest BCUT2D eigenvalue weighted by Gasteiger charge is -2.34. The Balaban J connectivity index is 1.99. The molecule has 1 N–H and O–H groups in total. The van der Waals surface area contributed by atoms with E-state index in [0.717, 1.165) is 32.0 Å². The first-order valence-corrected chi connectivity index (χ1v) is 6.94. The fraction of sp³-hybridized carbons (Fsp3) is 0.600. The van der Waals surface area contributed by atoms with Gasteiger partial charge in [-0.05, 0) is 37.8 Å². The third-order valence-electron chi connectivity index (χ3n) is 3.91. The van der Waals surface area contributed by atoms with Crippen LogP contribution in [0.3, 0.4) is 0 Å². The molecular formula is C15H20F3NO. The van der Waals surface area contributed by atoms with Crippen LogP contribution in [0.5, 0.6) is 0 Å². The molecule has 112 valence electrons. The molecule has 0 saturated carbocycles. The SMILES string of the molecule is CC(Cc1cccc(C(F)(F)F)c1)N1CCC(O)CC1. The predicted molar refractivity (Wildman–Crippen MR) is 71.4 cm³/mol. The molecule has 0 amide bonds. The van der Waals surface area contributed by atoms with E-state index in [1.54, 1.807) is 6.07 Å². The van der Waals surface area contributed by atoms with Crippen molar-refractivity contribution in [3.05, 3.63) is 35.4 Å². The molecule has 1 atom stereocenters. The van der Waals surface area contributed by atoms with Crippen LogP contribution >= 0.6 is 0 Å². The van der Waals surface area contributed by atoms with Crippen LogP contribution in [-0.4, -0.2) is 35.2 Å². The van der Waals surface area contributed by atoms with Gasteiger partial charge >= 0.3 is 6.18 Å².